The number of hydrogen-bond donors (Lipinski definition) is 1. The average molecular weight is 252 g/mol. The normalized spacial score (nSPS) is 11.4. The smallest absolute Gasteiger partial charge is 0.371 e. The molecule has 0 spiro atoms. The van der Waals surface area contributed by atoms with E-state index in [2.05, 4.69) is 0 Å². The molecule has 1 aromatic carbocycles. The van der Waals surface area contributed by atoms with Gasteiger partial charge in [-0.3, -0.25) is 10.1 Å². The van der Waals surface area contributed by atoms with Crippen molar-refractivity contribution in [2.45, 2.75) is 13.1 Å². The van der Waals surface area contributed by atoms with Crippen LogP contribution in [0.1, 0.15) is 5.56 Å². The Labute approximate surface area is 93.4 Å². The highest BCUT2D eigenvalue weighted by Gasteiger charge is 2.28. The second kappa shape index (κ2) is 4.56. The van der Waals surface area contributed by atoms with Gasteiger partial charge in [-0.2, -0.15) is 13.2 Å². The number of anilines is 1. The third kappa shape index (κ3) is 3.58. The van der Waals surface area contributed by atoms with Crippen LogP contribution in [0.5, 0.6) is 0 Å². The maximum atomic E-state index is 13.0. The lowest BCUT2D eigenvalue weighted by molar-refractivity contribution is -0.384. The predicted octanol–water partition coefficient (Wildman–Crippen LogP) is 3.02. The number of halogens is 4. The second-order valence-electron chi connectivity index (χ2n) is 3.34. The maximum absolute atomic E-state index is 13.0. The fourth-order valence-electron chi connectivity index (χ4n) is 1.16. The van der Waals surface area contributed by atoms with Crippen LogP contribution in [0.4, 0.5) is 28.9 Å². The van der Waals surface area contributed by atoms with Crippen LogP contribution in [0.2, 0.25) is 0 Å². The predicted molar refractivity (Wildman–Crippen MR) is 52.3 cm³/mol. The summed E-state index contributed by atoms with van der Waals surface area (Å²) in [5.74, 6) is -0.839. The quantitative estimate of drug-likeness (QED) is 0.511. The summed E-state index contributed by atoms with van der Waals surface area (Å²) in [6, 6.07) is 1.56. The van der Waals surface area contributed by atoms with Crippen LogP contribution in [0.15, 0.2) is 12.1 Å². The average Bonchev–Trinajstić information content (AvgIpc) is 2.17. The Morgan fingerprint density at radius 2 is 2.00 bits per heavy atom. The monoisotopic (exact) mass is 252 g/mol. The highest BCUT2D eigenvalue weighted by Crippen LogP contribution is 2.28. The van der Waals surface area contributed by atoms with Crippen molar-refractivity contribution < 1.29 is 22.5 Å². The first kappa shape index (κ1) is 13.2. The van der Waals surface area contributed by atoms with Crippen molar-refractivity contribution in [2.75, 3.05) is 11.9 Å². The lowest BCUT2D eigenvalue weighted by Crippen LogP contribution is -2.21. The van der Waals surface area contributed by atoms with Gasteiger partial charge in [0, 0.05) is 0 Å². The van der Waals surface area contributed by atoms with E-state index in [1.807, 2.05) is 5.32 Å². The van der Waals surface area contributed by atoms with E-state index < -0.39 is 29.1 Å². The summed E-state index contributed by atoms with van der Waals surface area (Å²) in [7, 11) is 0. The summed E-state index contributed by atoms with van der Waals surface area (Å²) in [6.07, 6.45) is -4.50. The Bertz CT molecular complexity index is 445. The first-order valence-electron chi connectivity index (χ1n) is 4.46. The number of hydrogen-bond acceptors (Lipinski definition) is 3. The molecule has 1 aromatic rings. The summed E-state index contributed by atoms with van der Waals surface area (Å²) < 4.78 is 48.9. The zero-order valence-electron chi connectivity index (χ0n) is 8.64. The van der Waals surface area contributed by atoms with Crippen molar-refractivity contribution in [3.8, 4) is 0 Å². The van der Waals surface area contributed by atoms with Crippen molar-refractivity contribution in [1.82, 2.24) is 0 Å². The summed E-state index contributed by atoms with van der Waals surface area (Å²) in [5.41, 5.74) is -1.05. The van der Waals surface area contributed by atoms with E-state index in [1.165, 1.54) is 6.92 Å². The van der Waals surface area contributed by atoms with Gasteiger partial charge in [-0.15, -0.1) is 0 Å². The molecule has 0 aliphatic heterocycles. The molecule has 0 unspecified atom stereocenters. The highest BCUT2D eigenvalue weighted by molar-refractivity contribution is 5.63. The van der Waals surface area contributed by atoms with Gasteiger partial charge in [0.05, 0.1) is 11.0 Å². The molecule has 94 valence electrons. The molecule has 0 saturated carbocycles. The van der Waals surface area contributed by atoms with Crippen LogP contribution < -0.4 is 5.32 Å². The lowest BCUT2D eigenvalue weighted by atomic mass is 10.2. The van der Waals surface area contributed by atoms with Gasteiger partial charge in [-0.25, -0.2) is 4.39 Å². The molecule has 4 nitrogen and oxygen atoms in total. The van der Waals surface area contributed by atoms with Crippen LogP contribution in [-0.4, -0.2) is 17.6 Å². The minimum atomic E-state index is -4.50. The Balaban J connectivity index is 3.05. The molecule has 0 saturated heterocycles. The molecular formula is C9H8F4N2O2. The third-order valence-corrected chi connectivity index (χ3v) is 1.95. The van der Waals surface area contributed by atoms with Gasteiger partial charge in [0.25, 0.3) is 5.69 Å². The van der Waals surface area contributed by atoms with Gasteiger partial charge < -0.3 is 5.32 Å². The van der Waals surface area contributed by atoms with E-state index in [1.54, 1.807) is 0 Å². The Hall–Kier alpha value is -1.86. The number of benzene rings is 1. The standard InChI is InChI=1S/C9H8F4N2O2/c1-5-2-7(14-4-9(11,12)13)8(15(16)17)3-6(5)10/h2-3,14H,4H2,1H3. The number of aryl methyl sites for hydroxylation is 1. The Kier molecular flexibility index (Phi) is 3.54. The highest BCUT2D eigenvalue weighted by atomic mass is 19.4. The van der Waals surface area contributed by atoms with Crippen LogP contribution in [0.25, 0.3) is 0 Å². The van der Waals surface area contributed by atoms with E-state index in [0.29, 0.717) is 6.07 Å². The molecule has 0 heterocycles. The minimum Gasteiger partial charge on any atom is -0.371 e. The molecule has 0 aliphatic carbocycles. The van der Waals surface area contributed by atoms with Crippen LogP contribution in [0, 0.1) is 22.9 Å². The first-order chi connectivity index (χ1) is 7.70. The number of rotatable bonds is 3. The molecule has 0 aromatic heterocycles. The summed E-state index contributed by atoms with van der Waals surface area (Å²) in [6.45, 7) is -0.114. The van der Waals surface area contributed by atoms with Gasteiger partial charge in [0.2, 0.25) is 0 Å². The van der Waals surface area contributed by atoms with Gasteiger partial charge >= 0.3 is 6.18 Å². The van der Waals surface area contributed by atoms with Crippen molar-refractivity contribution in [3.63, 3.8) is 0 Å². The maximum Gasteiger partial charge on any atom is 0.405 e. The number of alkyl halides is 3. The topological polar surface area (TPSA) is 55.2 Å². The zero-order valence-corrected chi connectivity index (χ0v) is 8.64. The summed E-state index contributed by atoms with van der Waals surface area (Å²) in [5, 5.41) is 12.4. The molecule has 0 amide bonds. The van der Waals surface area contributed by atoms with Crippen LogP contribution in [0.3, 0.4) is 0 Å². The number of nitrogens with one attached hydrogen (secondary N) is 1. The summed E-state index contributed by atoms with van der Waals surface area (Å²) in [4.78, 5) is 9.58. The molecule has 8 heteroatoms. The van der Waals surface area contributed by atoms with E-state index in [9.17, 15) is 27.7 Å². The third-order valence-electron chi connectivity index (χ3n) is 1.95. The second-order valence-corrected chi connectivity index (χ2v) is 3.34. The SMILES string of the molecule is Cc1cc(NCC(F)(F)F)c([N+](=O)[O-])cc1F. The fraction of sp³-hybridized carbons (Fsp3) is 0.333. The number of nitro benzene ring substituents is 1. The molecule has 0 bridgehead atoms. The molecule has 0 fully saturated rings. The van der Waals surface area contributed by atoms with Gasteiger partial charge in [0.15, 0.2) is 0 Å². The Morgan fingerprint density at radius 3 is 2.47 bits per heavy atom. The van der Waals surface area contributed by atoms with Gasteiger partial charge in [-0.05, 0) is 18.6 Å². The number of nitrogens with zero attached hydrogens (tertiary/aromatic N) is 1. The fourth-order valence-corrected chi connectivity index (χ4v) is 1.16. The van der Waals surface area contributed by atoms with Crippen molar-refractivity contribution in [3.05, 3.63) is 33.6 Å². The van der Waals surface area contributed by atoms with E-state index in [4.69, 9.17) is 0 Å². The van der Waals surface area contributed by atoms with Gasteiger partial charge in [0.1, 0.15) is 18.0 Å². The van der Waals surface area contributed by atoms with Crippen molar-refractivity contribution in [2.24, 2.45) is 0 Å². The molecular weight excluding hydrogens is 244 g/mol. The zero-order chi connectivity index (χ0) is 13.2. The molecule has 0 aliphatic rings. The lowest BCUT2D eigenvalue weighted by Gasteiger charge is -2.10. The molecule has 17 heavy (non-hydrogen) atoms. The number of nitro groups is 1. The molecule has 0 atom stereocenters. The molecule has 0 radical (unpaired) electrons. The first-order valence-corrected chi connectivity index (χ1v) is 4.46. The van der Waals surface area contributed by atoms with Crippen molar-refractivity contribution >= 4 is 11.4 Å². The van der Waals surface area contributed by atoms with Gasteiger partial charge in [-0.1, -0.05) is 0 Å². The Morgan fingerprint density at radius 1 is 1.41 bits per heavy atom. The van der Waals surface area contributed by atoms with E-state index in [0.717, 1.165) is 6.07 Å². The van der Waals surface area contributed by atoms with E-state index in [-0.39, 0.29) is 11.3 Å². The largest absolute Gasteiger partial charge is 0.405 e. The van der Waals surface area contributed by atoms with Crippen molar-refractivity contribution in [1.29, 1.82) is 0 Å². The summed E-state index contributed by atoms with van der Waals surface area (Å²) >= 11 is 0. The molecule has 1 rings (SSSR count). The van der Waals surface area contributed by atoms with Crippen LogP contribution in [-0.2, 0) is 0 Å². The van der Waals surface area contributed by atoms with Crippen LogP contribution >= 0.6 is 0 Å². The van der Waals surface area contributed by atoms with E-state index >= 15 is 0 Å². The molecule has 1 N–H and O–H groups in total. The minimum absolute atomic E-state index is 0.0280.